The average molecular weight is 461 g/mol. The number of aromatic hydroxyl groups is 1. The molecule has 0 aliphatic heterocycles. The highest BCUT2D eigenvalue weighted by Crippen LogP contribution is 2.41. The van der Waals surface area contributed by atoms with E-state index < -0.39 is 11.6 Å². The Morgan fingerprint density at radius 1 is 1.19 bits per heavy atom. The molecule has 1 fully saturated rings. The van der Waals surface area contributed by atoms with E-state index in [4.69, 9.17) is 30.2 Å². The molecule has 1 aliphatic rings. The number of ether oxygens (including phenoxy) is 3. The maximum absolute atomic E-state index is 12.6. The first-order chi connectivity index (χ1) is 15.3. The highest BCUT2D eigenvalue weighted by atomic mass is 35.5. The summed E-state index contributed by atoms with van der Waals surface area (Å²) in [6.45, 7) is 0.0540. The van der Waals surface area contributed by atoms with Gasteiger partial charge in [0.1, 0.15) is 18.1 Å². The zero-order chi connectivity index (χ0) is 22.9. The second kappa shape index (κ2) is 8.72. The SMILES string of the molecule is COc1cc(-c2cc(=O)c3cccc(Cl)c3o2)c(OCCOC2(C(=O)O)CCC2)cc1O. The summed E-state index contributed by atoms with van der Waals surface area (Å²) >= 11 is 6.21. The van der Waals surface area contributed by atoms with Crippen LogP contribution >= 0.6 is 11.6 Å². The van der Waals surface area contributed by atoms with E-state index in [1.807, 2.05) is 0 Å². The maximum atomic E-state index is 12.6. The van der Waals surface area contributed by atoms with Crippen molar-refractivity contribution in [2.24, 2.45) is 0 Å². The molecule has 0 unspecified atom stereocenters. The van der Waals surface area contributed by atoms with E-state index in [-0.39, 0.29) is 52.3 Å². The lowest BCUT2D eigenvalue weighted by molar-refractivity contribution is -0.179. The van der Waals surface area contributed by atoms with Gasteiger partial charge in [0.15, 0.2) is 28.1 Å². The lowest BCUT2D eigenvalue weighted by Gasteiger charge is -2.37. The second-order valence-electron chi connectivity index (χ2n) is 7.46. The van der Waals surface area contributed by atoms with Gasteiger partial charge in [-0.2, -0.15) is 0 Å². The van der Waals surface area contributed by atoms with Crippen LogP contribution < -0.4 is 14.9 Å². The highest BCUT2D eigenvalue weighted by molar-refractivity contribution is 6.34. The van der Waals surface area contributed by atoms with Gasteiger partial charge in [-0.15, -0.1) is 0 Å². The standard InChI is InChI=1S/C23H21ClO8/c1-29-20-10-14(19-11-16(25)13-4-2-5-15(24)21(13)32-19)18(12-17(20)26)30-8-9-31-23(22(27)28)6-3-7-23/h2,4-5,10-12,26H,3,6-9H2,1H3,(H,27,28). The predicted molar refractivity (Wildman–Crippen MR) is 117 cm³/mol. The largest absolute Gasteiger partial charge is 0.504 e. The fourth-order valence-electron chi connectivity index (χ4n) is 3.61. The number of halogens is 1. The highest BCUT2D eigenvalue weighted by Gasteiger charge is 2.45. The summed E-state index contributed by atoms with van der Waals surface area (Å²) in [5.74, 6) is -0.620. The first-order valence-corrected chi connectivity index (χ1v) is 10.4. The molecule has 2 N–H and O–H groups in total. The van der Waals surface area contributed by atoms with Crippen LogP contribution in [0.25, 0.3) is 22.3 Å². The van der Waals surface area contributed by atoms with Crippen molar-refractivity contribution in [3.8, 4) is 28.6 Å². The molecular weight excluding hydrogens is 440 g/mol. The Balaban J connectivity index is 1.65. The number of rotatable bonds is 8. The Kier molecular flexibility index (Phi) is 5.99. The first-order valence-electron chi connectivity index (χ1n) is 9.98. The van der Waals surface area contributed by atoms with Crippen molar-refractivity contribution >= 4 is 28.5 Å². The third-order valence-corrected chi connectivity index (χ3v) is 5.82. The van der Waals surface area contributed by atoms with Gasteiger partial charge in [-0.3, -0.25) is 4.79 Å². The van der Waals surface area contributed by atoms with E-state index in [1.165, 1.54) is 25.3 Å². The van der Waals surface area contributed by atoms with Crippen LogP contribution in [0, 0.1) is 0 Å². The molecule has 4 rings (SSSR count). The van der Waals surface area contributed by atoms with Gasteiger partial charge in [0, 0.05) is 12.1 Å². The number of hydrogen-bond donors (Lipinski definition) is 2. The van der Waals surface area contributed by atoms with E-state index in [0.29, 0.717) is 23.8 Å². The predicted octanol–water partition coefficient (Wildman–Crippen LogP) is 4.23. The van der Waals surface area contributed by atoms with Gasteiger partial charge in [0.05, 0.1) is 29.7 Å². The molecule has 2 aromatic carbocycles. The number of carboxylic acids is 1. The molecule has 0 saturated heterocycles. The molecule has 3 aromatic rings. The van der Waals surface area contributed by atoms with E-state index in [2.05, 4.69) is 0 Å². The zero-order valence-electron chi connectivity index (χ0n) is 17.2. The molecule has 168 valence electrons. The smallest absolute Gasteiger partial charge is 0.335 e. The topological polar surface area (TPSA) is 115 Å². The minimum atomic E-state index is -1.16. The van der Waals surface area contributed by atoms with Crippen LogP contribution in [0.3, 0.4) is 0 Å². The number of carbonyl (C=O) groups is 1. The number of hydrogen-bond acceptors (Lipinski definition) is 7. The Bertz CT molecular complexity index is 1230. The van der Waals surface area contributed by atoms with Crippen molar-refractivity contribution in [2.45, 2.75) is 24.9 Å². The van der Waals surface area contributed by atoms with Gasteiger partial charge < -0.3 is 28.8 Å². The molecule has 1 aliphatic carbocycles. The van der Waals surface area contributed by atoms with Crippen LogP contribution in [0.15, 0.2) is 45.6 Å². The van der Waals surface area contributed by atoms with E-state index in [9.17, 15) is 19.8 Å². The third-order valence-electron chi connectivity index (χ3n) is 5.52. The van der Waals surface area contributed by atoms with E-state index >= 15 is 0 Å². The summed E-state index contributed by atoms with van der Waals surface area (Å²) in [6.07, 6.45) is 1.72. The fraction of sp³-hybridized carbons (Fsp3) is 0.304. The van der Waals surface area contributed by atoms with E-state index in [0.717, 1.165) is 6.42 Å². The van der Waals surface area contributed by atoms with Crippen LogP contribution in [-0.4, -0.2) is 42.1 Å². The molecule has 9 heteroatoms. The summed E-state index contributed by atoms with van der Waals surface area (Å²) in [5.41, 5.74) is -0.865. The number of phenolic OH excluding ortho intramolecular Hbond substituents is 1. The van der Waals surface area contributed by atoms with Crippen LogP contribution in [0.4, 0.5) is 0 Å². The van der Waals surface area contributed by atoms with Crippen molar-refractivity contribution < 1.29 is 33.6 Å². The molecule has 1 aromatic heterocycles. The number of methoxy groups -OCH3 is 1. The molecule has 0 atom stereocenters. The molecule has 0 spiro atoms. The average Bonchev–Trinajstić information content (AvgIpc) is 2.73. The quantitative estimate of drug-likeness (QED) is 0.480. The molecule has 0 amide bonds. The Labute approximate surface area is 187 Å². The molecule has 32 heavy (non-hydrogen) atoms. The second-order valence-corrected chi connectivity index (χ2v) is 7.87. The van der Waals surface area contributed by atoms with Crippen molar-refractivity contribution in [3.63, 3.8) is 0 Å². The minimum Gasteiger partial charge on any atom is -0.504 e. The van der Waals surface area contributed by atoms with Gasteiger partial charge in [-0.1, -0.05) is 17.7 Å². The van der Waals surface area contributed by atoms with Gasteiger partial charge in [0.25, 0.3) is 0 Å². The Morgan fingerprint density at radius 2 is 1.97 bits per heavy atom. The van der Waals surface area contributed by atoms with Crippen LogP contribution in [-0.2, 0) is 9.53 Å². The number of fused-ring (bicyclic) bond motifs is 1. The van der Waals surface area contributed by atoms with Gasteiger partial charge in [-0.25, -0.2) is 4.79 Å². The van der Waals surface area contributed by atoms with Crippen LogP contribution in [0.2, 0.25) is 5.02 Å². The zero-order valence-corrected chi connectivity index (χ0v) is 18.0. The van der Waals surface area contributed by atoms with Crippen molar-refractivity contribution in [1.29, 1.82) is 0 Å². The Morgan fingerprint density at radius 3 is 2.62 bits per heavy atom. The van der Waals surface area contributed by atoms with Crippen LogP contribution in [0.1, 0.15) is 19.3 Å². The number of phenols is 1. The normalized spacial score (nSPS) is 14.7. The van der Waals surface area contributed by atoms with Crippen molar-refractivity contribution in [1.82, 2.24) is 0 Å². The molecule has 1 saturated carbocycles. The number of aliphatic carboxylic acids is 1. The first kappa shape index (κ1) is 22.0. The van der Waals surface area contributed by atoms with Gasteiger partial charge in [0.2, 0.25) is 0 Å². The maximum Gasteiger partial charge on any atom is 0.335 e. The summed E-state index contributed by atoms with van der Waals surface area (Å²) < 4.78 is 22.4. The minimum absolute atomic E-state index is 0.0202. The Hall–Kier alpha value is -3.23. The summed E-state index contributed by atoms with van der Waals surface area (Å²) in [5, 5.41) is 20.2. The lowest BCUT2D eigenvalue weighted by atomic mass is 9.80. The van der Waals surface area contributed by atoms with Crippen molar-refractivity contribution in [3.05, 3.63) is 51.6 Å². The fourth-order valence-corrected chi connectivity index (χ4v) is 3.82. The summed E-state index contributed by atoms with van der Waals surface area (Å²) in [6, 6.07) is 9.01. The molecular formula is C23H21ClO8. The molecule has 0 bridgehead atoms. The molecule has 0 radical (unpaired) electrons. The monoisotopic (exact) mass is 460 g/mol. The molecule has 8 nitrogen and oxygen atoms in total. The van der Waals surface area contributed by atoms with E-state index in [1.54, 1.807) is 18.2 Å². The number of para-hydroxylation sites is 1. The van der Waals surface area contributed by atoms with Crippen LogP contribution in [0.5, 0.6) is 17.2 Å². The summed E-state index contributed by atoms with van der Waals surface area (Å²) in [7, 11) is 1.39. The number of benzene rings is 2. The molecule has 1 heterocycles. The number of carboxylic acid groups (broad SMARTS) is 1. The lowest BCUT2D eigenvalue weighted by Crippen LogP contribution is -2.48. The van der Waals surface area contributed by atoms with Gasteiger partial charge >= 0.3 is 5.97 Å². The van der Waals surface area contributed by atoms with Crippen molar-refractivity contribution in [2.75, 3.05) is 20.3 Å². The van der Waals surface area contributed by atoms with Gasteiger partial charge in [-0.05, 0) is 37.5 Å². The summed E-state index contributed by atoms with van der Waals surface area (Å²) in [4.78, 5) is 24.0. The third kappa shape index (κ3) is 3.99.